The van der Waals surface area contributed by atoms with E-state index in [1.165, 1.54) is 10.2 Å². The van der Waals surface area contributed by atoms with E-state index in [4.69, 9.17) is 4.42 Å². The molecule has 0 saturated heterocycles. The molecule has 0 aliphatic rings. The number of benzene rings is 1. The molecule has 2 heterocycles. The van der Waals surface area contributed by atoms with E-state index in [1.54, 1.807) is 13.1 Å². The van der Waals surface area contributed by atoms with Gasteiger partial charge in [0.15, 0.2) is 0 Å². The van der Waals surface area contributed by atoms with Gasteiger partial charge in [-0.15, -0.1) is 5.10 Å². The number of nitrogens with zero attached hydrogens (tertiary/aromatic N) is 4. The summed E-state index contributed by atoms with van der Waals surface area (Å²) in [5.74, 6) is 0.115. The van der Waals surface area contributed by atoms with Crippen LogP contribution < -0.4 is 5.32 Å². The van der Waals surface area contributed by atoms with Gasteiger partial charge >= 0.3 is 6.01 Å². The number of carbonyl (C=O) groups is 1. The standard InChI is InChI=1S/C16H17N5O2/c1-10-4-6-12(7-5-10)9-14-18-19-16(23-14)17-15(22)13-8-11(2)20-21(13)3/h4-8H,9H2,1-3H3,(H,17,19,22). The van der Waals surface area contributed by atoms with E-state index >= 15 is 0 Å². The summed E-state index contributed by atoms with van der Waals surface area (Å²) in [7, 11) is 1.71. The van der Waals surface area contributed by atoms with E-state index in [1.807, 2.05) is 38.1 Å². The van der Waals surface area contributed by atoms with Crippen LogP contribution in [0.2, 0.25) is 0 Å². The highest BCUT2D eigenvalue weighted by Gasteiger charge is 2.15. The number of aryl methyl sites for hydroxylation is 3. The maximum absolute atomic E-state index is 12.2. The molecule has 0 saturated carbocycles. The summed E-state index contributed by atoms with van der Waals surface area (Å²) in [6.45, 7) is 3.85. The van der Waals surface area contributed by atoms with Crippen LogP contribution in [0.25, 0.3) is 0 Å². The van der Waals surface area contributed by atoms with Crippen LogP contribution in [0.4, 0.5) is 6.01 Å². The number of nitrogens with one attached hydrogen (secondary N) is 1. The van der Waals surface area contributed by atoms with Gasteiger partial charge < -0.3 is 4.42 Å². The lowest BCUT2D eigenvalue weighted by atomic mass is 10.1. The SMILES string of the molecule is Cc1ccc(Cc2nnc(NC(=O)c3cc(C)nn3C)o2)cc1. The van der Waals surface area contributed by atoms with Gasteiger partial charge in [-0.2, -0.15) is 5.10 Å². The summed E-state index contributed by atoms with van der Waals surface area (Å²) in [5.41, 5.74) is 3.46. The third kappa shape index (κ3) is 3.45. The third-order valence-electron chi connectivity index (χ3n) is 3.40. The van der Waals surface area contributed by atoms with Crippen molar-refractivity contribution in [3.05, 3.63) is 58.7 Å². The molecule has 0 atom stereocenters. The zero-order valence-electron chi connectivity index (χ0n) is 13.2. The van der Waals surface area contributed by atoms with Gasteiger partial charge in [-0.1, -0.05) is 34.9 Å². The largest absolute Gasteiger partial charge is 0.407 e. The average Bonchev–Trinajstić information content (AvgIpc) is 3.07. The Labute approximate surface area is 133 Å². The van der Waals surface area contributed by atoms with Crippen molar-refractivity contribution in [2.24, 2.45) is 7.05 Å². The lowest BCUT2D eigenvalue weighted by Gasteiger charge is -2.00. The number of amides is 1. The van der Waals surface area contributed by atoms with Gasteiger partial charge in [-0.25, -0.2) is 0 Å². The Bertz CT molecular complexity index is 833. The van der Waals surface area contributed by atoms with Crippen LogP contribution in [-0.4, -0.2) is 25.9 Å². The summed E-state index contributed by atoms with van der Waals surface area (Å²) in [4.78, 5) is 12.2. The number of rotatable bonds is 4. The van der Waals surface area contributed by atoms with Crippen LogP contribution in [0.5, 0.6) is 0 Å². The van der Waals surface area contributed by atoms with Crippen LogP contribution in [0, 0.1) is 13.8 Å². The van der Waals surface area contributed by atoms with Crippen molar-refractivity contribution in [2.75, 3.05) is 5.32 Å². The zero-order valence-corrected chi connectivity index (χ0v) is 13.2. The van der Waals surface area contributed by atoms with Crippen molar-refractivity contribution in [1.82, 2.24) is 20.0 Å². The smallest absolute Gasteiger partial charge is 0.322 e. The predicted octanol–water partition coefficient (Wildman–Crippen LogP) is 2.26. The maximum atomic E-state index is 12.2. The molecular weight excluding hydrogens is 294 g/mol. The molecule has 0 spiro atoms. The molecular formula is C16H17N5O2. The van der Waals surface area contributed by atoms with Gasteiger partial charge in [0, 0.05) is 7.05 Å². The van der Waals surface area contributed by atoms with Gasteiger partial charge in [0.25, 0.3) is 5.91 Å². The van der Waals surface area contributed by atoms with Crippen molar-refractivity contribution < 1.29 is 9.21 Å². The topological polar surface area (TPSA) is 85.8 Å². The first kappa shape index (κ1) is 15.0. The minimum atomic E-state index is -0.335. The van der Waals surface area contributed by atoms with Gasteiger partial charge in [-0.05, 0) is 25.5 Å². The van der Waals surface area contributed by atoms with Crippen LogP contribution >= 0.6 is 0 Å². The van der Waals surface area contributed by atoms with Crippen LogP contribution in [0.1, 0.15) is 33.2 Å². The fraction of sp³-hybridized carbons (Fsp3) is 0.250. The Hall–Kier alpha value is -2.96. The van der Waals surface area contributed by atoms with Crippen molar-refractivity contribution in [1.29, 1.82) is 0 Å². The van der Waals surface area contributed by atoms with Crippen LogP contribution in [0.3, 0.4) is 0 Å². The number of anilines is 1. The molecule has 0 aliphatic heterocycles. The number of carbonyl (C=O) groups excluding carboxylic acids is 1. The van der Waals surface area contributed by atoms with E-state index in [9.17, 15) is 4.79 Å². The number of hydrogen-bond acceptors (Lipinski definition) is 5. The number of aromatic nitrogens is 4. The molecule has 118 valence electrons. The minimum absolute atomic E-state index is 0.0796. The first-order valence-electron chi connectivity index (χ1n) is 7.21. The predicted molar refractivity (Wildman–Crippen MR) is 84.2 cm³/mol. The molecule has 1 aromatic carbocycles. The van der Waals surface area contributed by atoms with E-state index in [0.717, 1.165) is 11.3 Å². The first-order chi connectivity index (χ1) is 11.0. The molecule has 0 unspecified atom stereocenters. The summed E-state index contributed by atoms with van der Waals surface area (Å²) in [6.07, 6.45) is 0.522. The Kier molecular flexibility index (Phi) is 3.92. The van der Waals surface area contributed by atoms with E-state index < -0.39 is 0 Å². The normalized spacial score (nSPS) is 10.7. The molecule has 0 aliphatic carbocycles. The van der Waals surface area contributed by atoms with E-state index in [2.05, 4.69) is 20.6 Å². The van der Waals surface area contributed by atoms with Crippen molar-refractivity contribution >= 4 is 11.9 Å². The van der Waals surface area contributed by atoms with E-state index in [0.29, 0.717) is 18.0 Å². The molecule has 3 rings (SSSR count). The third-order valence-corrected chi connectivity index (χ3v) is 3.40. The molecule has 3 aromatic rings. The molecule has 0 fully saturated rings. The Morgan fingerprint density at radius 2 is 1.96 bits per heavy atom. The fourth-order valence-corrected chi connectivity index (χ4v) is 2.24. The molecule has 0 bridgehead atoms. The Balaban J connectivity index is 1.68. The minimum Gasteiger partial charge on any atom is -0.407 e. The highest BCUT2D eigenvalue weighted by atomic mass is 16.4. The van der Waals surface area contributed by atoms with Crippen LogP contribution in [-0.2, 0) is 13.5 Å². The second kappa shape index (κ2) is 6.04. The van der Waals surface area contributed by atoms with Crippen molar-refractivity contribution in [3.63, 3.8) is 0 Å². The molecule has 23 heavy (non-hydrogen) atoms. The quantitative estimate of drug-likeness (QED) is 0.798. The Morgan fingerprint density at radius 1 is 1.22 bits per heavy atom. The van der Waals surface area contributed by atoms with Gasteiger partial charge in [0.05, 0.1) is 12.1 Å². The van der Waals surface area contributed by atoms with Crippen molar-refractivity contribution in [2.45, 2.75) is 20.3 Å². The summed E-state index contributed by atoms with van der Waals surface area (Å²) in [5, 5.41) is 14.5. The molecule has 1 N–H and O–H groups in total. The average molecular weight is 311 g/mol. The van der Waals surface area contributed by atoms with Gasteiger partial charge in [-0.3, -0.25) is 14.8 Å². The van der Waals surface area contributed by atoms with Gasteiger partial charge in [0.2, 0.25) is 5.89 Å². The molecule has 1 amide bonds. The van der Waals surface area contributed by atoms with Gasteiger partial charge in [0.1, 0.15) is 5.69 Å². The molecule has 7 heteroatoms. The monoisotopic (exact) mass is 311 g/mol. The summed E-state index contributed by atoms with van der Waals surface area (Å²) >= 11 is 0. The second-order valence-electron chi connectivity index (χ2n) is 5.41. The fourth-order valence-electron chi connectivity index (χ4n) is 2.24. The highest BCUT2D eigenvalue weighted by molar-refractivity contribution is 6.01. The molecule has 0 radical (unpaired) electrons. The lowest BCUT2D eigenvalue weighted by Crippen LogP contribution is -2.16. The van der Waals surface area contributed by atoms with Crippen molar-refractivity contribution in [3.8, 4) is 0 Å². The number of hydrogen-bond donors (Lipinski definition) is 1. The second-order valence-corrected chi connectivity index (χ2v) is 5.41. The zero-order chi connectivity index (χ0) is 16.4. The lowest BCUT2D eigenvalue weighted by molar-refractivity contribution is 0.101. The van der Waals surface area contributed by atoms with Crippen LogP contribution in [0.15, 0.2) is 34.7 Å². The summed E-state index contributed by atoms with van der Waals surface area (Å²) in [6, 6.07) is 9.85. The molecule has 7 nitrogen and oxygen atoms in total. The maximum Gasteiger partial charge on any atom is 0.322 e. The first-order valence-corrected chi connectivity index (χ1v) is 7.21. The Morgan fingerprint density at radius 3 is 2.61 bits per heavy atom. The van der Waals surface area contributed by atoms with E-state index in [-0.39, 0.29) is 11.9 Å². The summed E-state index contributed by atoms with van der Waals surface area (Å²) < 4.78 is 6.98. The highest BCUT2D eigenvalue weighted by Crippen LogP contribution is 2.13. The molecule has 2 aromatic heterocycles.